The molecule has 0 N–H and O–H groups in total. The molecule has 0 aliphatic rings. The Morgan fingerprint density at radius 3 is 2.74 bits per heavy atom. The molecular formula is C15H11BrFNO. The third-order valence-corrected chi connectivity index (χ3v) is 3.60. The zero-order valence-corrected chi connectivity index (χ0v) is 11.9. The topological polar surface area (TPSA) is 33.0 Å². The van der Waals surface area contributed by atoms with Crippen molar-refractivity contribution in [2.24, 2.45) is 0 Å². The van der Waals surface area contributed by atoms with Crippen LogP contribution in [0.5, 0.6) is 5.75 Å². The van der Waals surface area contributed by atoms with Gasteiger partial charge < -0.3 is 4.74 Å². The van der Waals surface area contributed by atoms with Crippen LogP contribution in [-0.2, 0) is 6.61 Å². The van der Waals surface area contributed by atoms with Crippen LogP contribution in [0.1, 0.15) is 16.7 Å². The molecular weight excluding hydrogens is 309 g/mol. The van der Waals surface area contributed by atoms with Gasteiger partial charge in [-0.15, -0.1) is 0 Å². The van der Waals surface area contributed by atoms with Crippen molar-refractivity contribution < 1.29 is 9.13 Å². The third-order valence-electron chi connectivity index (χ3n) is 2.71. The minimum atomic E-state index is -0.371. The molecule has 0 aliphatic heterocycles. The fourth-order valence-corrected chi connectivity index (χ4v) is 1.91. The Morgan fingerprint density at radius 2 is 2.05 bits per heavy atom. The van der Waals surface area contributed by atoms with Crippen molar-refractivity contribution in [2.45, 2.75) is 13.5 Å². The van der Waals surface area contributed by atoms with Crippen LogP contribution in [0, 0.1) is 24.1 Å². The maximum atomic E-state index is 13.2. The molecule has 2 aromatic carbocycles. The summed E-state index contributed by atoms with van der Waals surface area (Å²) in [5, 5.41) is 8.95. The van der Waals surface area contributed by atoms with Crippen LogP contribution < -0.4 is 4.74 Å². The molecule has 4 heteroatoms. The fraction of sp³-hybridized carbons (Fsp3) is 0.133. The number of nitrogens with zero attached hydrogens (tertiary/aromatic N) is 1. The Labute approximate surface area is 119 Å². The molecule has 0 atom stereocenters. The quantitative estimate of drug-likeness (QED) is 0.842. The highest BCUT2D eigenvalue weighted by Crippen LogP contribution is 2.22. The zero-order valence-electron chi connectivity index (χ0n) is 10.3. The van der Waals surface area contributed by atoms with Crippen molar-refractivity contribution >= 4 is 15.9 Å². The highest BCUT2D eigenvalue weighted by Gasteiger charge is 2.05. The average Bonchev–Trinajstić information content (AvgIpc) is 2.40. The summed E-state index contributed by atoms with van der Waals surface area (Å²) in [6, 6.07) is 11.7. The average molecular weight is 320 g/mol. The fourth-order valence-electron chi connectivity index (χ4n) is 1.66. The van der Waals surface area contributed by atoms with Gasteiger partial charge in [-0.2, -0.15) is 5.26 Å². The molecule has 0 unspecified atom stereocenters. The summed E-state index contributed by atoms with van der Waals surface area (Å²) in [7, 11) is 0. The lowest BCUT2D eigenvalue weighted by Crippen LogP contribution is -1.99. The van der Waals surface area contributed by atoms with Crippen molar-refractivity contribution in [3.05, 3.63) is 63.4 Å². The Morgan fingerprint density at radius 1 is 1.26 bits per heavy atom. The van der Waals surface area contributed by atoms with Crippen LogP contribution in [0.25, 0.3) is 0 Å². The summed E-state index contributed by atoms with van der Waals surface area (Å²) in [6.45, 7) is 2.13. The predicted molar refractivity (Wildman–Crippen MR) is 74.3 cm³/mol. The molecule has 0 amide bonds. The Kier molecular flexibility index (Phi) is 4.18. The Hall–Kier alpha value is -1.86. The summed E-state index contributed by atoms with van der Waals surface area (Å²) >= 11 is 3.41. The number of rotatable bonds is 3. The second kappa shape index (κ2) is 5.85. The Bertz CT molecular complexity index is 649. The lowest BCUT2D eigenvalue weighted by molar-refractivity contribution is 0.305. The normalized spacial score (nSPS) is 10.0. The first-order valence-corrected chi connectivity index (χ1v) is 6.47. The first-order chi connectivity index (χ1) is 9.10. The van der Waals surface area contributed by atoms with E-state index in [4.69, 9.17) is 10.00 Å². The molecule has 2 aromatic rings. The highest BCUT2D eigenvalue weighted by atomic mass is 79.9. The van der Waals surface area contributed by atoms with E-state index in [0.29, 0.717) is 16.9 Å². The molecule has 0 heterocycles. The highest BCUT2D eigenvalue weighted by molar-refractivity contribution is 9.10. The molecule has 0 bridgehead atoms. The molecule has 0 saturated heterocycles. The molecule has 2 rings (SSSR count). The zero-order chi connectivity index (χ0) is 13.8. The van der Waals surface area contributed by atoms with E-state index in [1.54, 1.807) is 0 Å². The molecule has 2 nitrogen and oxygen atoms in total. The number of aryl methyl sites for hydroxylation is 1. The van der Waals surface area contributed by atoms with Crippen LogP contribution in [0.4, 0.5) is 4.39 Å². The van der Waals surface area contributed by atoms with Gasteiger partial charge in [0, 0.05) is 10.0 Å². The van der Waals surface area contributed by atoms with Crippen LogP contribution >= 0.6 is 15.9 Å². The maximum absolute atomic E-state index is 13.2. The van der Waals surface area contributed by atoms with Gasteiger partial charge in [-0.3, -0.25) is 0 Å². The number of hydrogen-bond donors (Lipinski definition) is 0. The van der Waals surface area contributed by atoms with Crippen molar-refractivity contribution in [3.8, 4) is 11.8 Å². The number of benzene rings is 2. The van der Waals surface area contributed by atoms with Gasteiger partial charge in [0.25, 0.3) is 0 Å². The van der Waals surface area contributed by atoms with Gasteiger partial charge in [0.15, 0.2) is 0 Å². The minimum absolute atomic E-state index is 0.168. The summed E-state index contributed by atoms with van der Waals surface area (Å²) in [4.78, 5) is 0. The predicted octanol–water partition coefficient (Wildman–Crippen LogP) is 4.35. The number of nitriles is 1. The maximum Gasteiger partial charge on any atom is 0.123 e. The Balaban J connectivity index is 2.16. The molecule has 0 aliphatic carbocycles. The smallest absolute Gasteiger partial charge is 0.123 e. The van der Waals surface area contributed by atoms with Gasteiger partial charge in [-0.1, -0.05) is 15.9 Å². The number of halogens is 2. The van der Waals surface area contributed by atoms with E-state index in [0.717, 1.165) is 10.0 Å². The minimum Gasteiger partial charge on any atom is -0.489 e. The van der Waals surface area contributed by atoms with Crippen molar-refractivity contribution in [2.75, 3.05) is 0 Å². The standard InChI is InChI=1S/C15H11BrFNO/c1-10-6-14(4-5-15(10)16)19-9-12-7-13(17)3-2-11(12)8-18/h2-7H,9H2,1H3. The first-order valence-electron chi connectivity index (χ1n) is 5.67. The van der Waals surface area contributed by atoms with Gasteiger partial charge in [0.05, 0.1) is 11.6 Å². The van der Waals surface area contributed by atoms with E-state index in [-0.39, 0.29) is 12.4 Å². The lowest BCUT2D eigenvalue weighted by atomic mass is 10.1. The third kappa shape index (κ3) is 3.33. The molecule has 96 valence electrons. The van der Waals surface area contributed by atoms with Gasteiger partial charge >= 0.3 is 0 Å². The largest absolute Gasteiger partial charge is 0.489 e. The van der Waals surface area contributed by atoms with Gasteiger partial charge in [-0.05, 0) is 48.9 Å². The molecule has 0 aromatic heterocycles. The molecule has 0 saturated carbocycles. The molecule has 19 heavy (non-hydrogen) atoms. The van der Waals surface area contributed by atoms with Crippen LogP contribution in [0.2, 0.25) is 0 Å². The second-order valence-electron chi connectivity index (χ2n) is 4.11. The van der Waals surface area contributed by atoms with E-state index in [9.17, 15) is 4.39 Å². The first kappa shape index (κ1) is 13.6. The van der Waals surface area contributed by atoms with Gasteiger partial charge in [-0.25, -0.2) is 4.39 Å². The van der Waals surface area contributed by atoms with Gasteiger partial charge in [0.1, 0.15) is 18.2 Å². The summed E-state index contributed by atoms with van der Waals surface area (Å²) in [5.41, 5.74) is 2.02. The van der Waals surface area contributed by atoms with Crippen molar-refractivity contribution in [3.63, 3.8) is 0 Å². The second-order valence-corrected chi connectivity index (χ2v) is 4.97. The molecule has 0 fully saturated rings. The van der Waals surface area contributed by atoms with E-state index < -0.39 is 0 Å². The van der Waals surface area contributed by atoms with Gasteiger partial charge in [0.2, 0.25) is 0 Å². The van der Waals surface area contributed by atoms with E-state index in [1.165, 1.54) is 18.2 Å². The summed E-state index contributed by atoms with van der Waals surface area (Å²) in [5.74, 6) is 0.318. The van der Waals surface area contributed by atoms with Crippen LogP contribution in [0.15, 0.2) is 40.9 Å². The molecule has 0 radical (unpaired) electrons. The van der Waals surface area contributed by atoms with Crippen LogP contribution in [-0.4, -0.2) is 0 Å². The van der Waals surface area contributed by atoms with E-state index in [2.05, 4.69) is 15.9 Å². The number of hydrogen-bond acceptors (Lipinski definition) is 2. The van der Waals surface area contributed by atoms with E-state index >= 15 is 0 Å². The summed E-state index contributed by atoms with van der Waals surface area (Å²) < 4.78 is 19.7. The van der Waals surface area contributed by atoms with E-state index in [1.807, 2.05) is 31.2 Å². The molecule has 0 spiro atoms. The number of ether oxygens (including phenoxy) is 1. The van der Waals surface area contributed by atoms with Crippen molar-refractivity contribution in [1.82, 2.24) is 0 Å². The summed E-state index contributed by atoms with van der Waals surface area (Å²) in [6.07, 6.45) is 0. The monoisotopic (exact) mass is 319 g/mol. The van der Waals surface area contributed by atoms with Crippen LogP contribution in [0.3, 0.4) is 0 Å². The SMILES string of the molecule is Cc1cc(OCc2cc(F)ccc2C#N)ccc1Br. The van der Waals surface area contributed by atoms with Crippen molar-refractivity contribution in [1.29, 1.82) is 5.26 Å². The lowest BCUT2D eigenvalue weighted by Gasteiger charge is -2.09.